The first-order chi connectivity index (χ1) is 10.2. The summed E-state index contributed by atoms with van der Waals surface area (Å²) in [5.41, 5.74) is 1.17. The molecule has 0 spiro atoms. The third kappa shape index (κ3) is 4.99. The van der Waals surface area contributed by atoms with Crippen molar-refractivity contribution in [3.8, 4) is 0 Å². The van der Waals surface area contributed by atoms with Crippen LogP contribution in [-0.4, -0.2) is 35.0 Å². The lowest BCUT2D eigenvalue weighted by molar-refractivity contribution is -0.107. The van der Waals surface area contributed by atoms with E-state index in [1.807, 2.05) is 30.4 Å². The zero-order valence-corrected chi connectivity index (χ0v) is 12.9. The number of thiol groups is 1. The number of allylic oxidation sites excluding steroid dienone is 7. The van der Waals surface area contributed by atoms with Crippen molar-refractivity contribution in [1.82, 2.24) is 0 Å². The number of ether oxygens (including phenoxy) is 1. The van der Waals surface area contributed by atoms with Crippen molar-refractivity contribution in [2.24, 2.45) is 0 Å². The third-order valence-corrected chi connectivity index (χ3v) is 4.17. The Balaban J connectivity index is 1.94. The number of hydrogen-bond donors (Lipinski definition) is 2. The van der Waals surface area contributed by atoms with Crippen LogP contribution in [-0.2, 0) is 9.53 Å². The molecule has 0 saturated carbocycles. The van der Waals surface area contributed by atoms with Crippen molar-refractivity contribution in [2.75, 3.05) is 0 Å². The molecule has 1 fully saturated rings. The lowest BCUT2D eigenvalue weighted by atomic mass is 10.00. The molecule has 1 N–H and O–H groups in total. The van der Waals surface area contributed by atoms with Crippen molar-refractivity contribution < 1.29 is 14.6 Å². The Morgan fingerprint density at radius 2 is 2.10 bits per heavy atom. The van der Waals surface area contributed by atoms with Crippen molar-refractivity contribution in [1.29, 1.82) is 0 Å². The van der Waals surface area contributed by atoms with Crippen LogP contribution in [0.15, 0.2) is 48.1 Å². The van der Waals surface area contributed by atoms with Gasteiger partial charge in [-0.1, -0.05) is 42.5 Å². The molecule has 0 radical (unpaired) electrons. The maximum Gasteiger partial charge on any atom is 0.132 e. The summed E-state index contributed by atoms with van der Waals surface area (Å²) in [6.07, 6.45) is 16.9. The number of aldehydes is 1. The van der Waals surface area contributed by atoms with E-state index in [0.29, 0.717) is 19.3 Å². The summed E-state index contributed by atoms with van der Waals surface area (Å²) >= 11 is 4.15. The lowest BCUT2D eigenvalue weighted by Gasteiger charge is -2.16. The van der Waals surface area contributed by atoms with Crippen LogP contribution in [0.5, 0.6) is 0 Å². The Morgan fingerprint density at radius 3 is 2.90 bits per heavy atom. The summed E-state index contributed by atoms with van der Waals surface area (Å²) in [4.78, 5) is 10.6. The molecule has 1 heterocycles. The van der Waals surface area contributed by atoms with Gasteiger partial charge in [-0.2, -0.15) is 12.6 Å². The highest BCUT2D eigenvalue weighted by Gasteiger charge is 2.35. The normalized spacial score (nSPS) is 37.4. The first kappa shape index (κ1) is 16.3. The van der Waals surface area contributed by atoms with Crippen molar-refractivity contribution >= 4 is 18.9 Å². The summed E-state index contributed by atoms with van der Waals surface area (Å²) in [6.45, 7) is 0. The van der Waals surface area contributed by atoms with Gasteiger partial charge in [0.1, 0.15) is 6.29 Å². The maximum absolute atomic E-state index is 10.6. The van der Waals surface area contributed by atoms with Gasteiger partial charge in [-0.3, -0.25) is 0 Å². The monoisotopic (exact) mass is 306 g/mol. The van der Waals surface area contributed by atoms with E-state index in [4.69, 9.17) is 4.74 Å². The first-order valence-corrected chi connectivity index (χ1v) is 7.88. The number of aliphatic hydroxyl groups excluding tert-OH is 1. The fraction of sp³-hybridized carbons (Fsp3) is 0.471. The summed E-state index contributed by atoms with van der Waals surface area (Å²) in [6, 6.07) is 0. The maximum atomic E-state index is 10.6. The van der Waals surface area contributed by atoms with Gasteiger partial charge in [0.05, 0.1) is 23.6 Å². The summed E-state index contributed by atoms with van der Waals surface area (Å²) in [5, 5.41) is 9.87. The average molecular weight is 306 g/mol. The Morgan fingerprint density at radius 1 is 1.33 bits per heavy atom. The lowest BCUT2D eigenvalue weighted by Crippen LogP contribution is -2.22. The highest BCUT2D eigenvalue weighted by molar-refractivity contribution is 7.81. The van der Waals surface area contributed by atoms with Crippen molar-refractivity contribution in [2.45, 2.75) is 49.2 Å². The molecular formula is C17H22O3S. The van der Waals surface area contributed by atoms with E-state index in [2.05, 4.69) is 24.8 Å². The molecule has 3 nitrogen and oxygen atoms in total. The molecular weight excluding hydrogens is 284 g/mol. The fourth-order valence-corrected chi connectivity index (χ4v) is 2.74. The quantitative estimate of drug-likeness (QED) is 0.606. The van der Waals surface area contributed by atoms with Crippen molar-refractivity contribution in [3.05, 3.63) is 48.1 Å². The second-order valence-corrected chi connectivity index (χ2v) is 6.05. The highest BCUT2D eigenvalue weighted by atomic mass is 32.1. The molecule has 1 aliphatic heterocycles. The number of carbonyl (C=O) groups is 1. The minimum atomic E-state index is -0.471. The van der Waals surface area contributed by atoms with E-state index in [1.165, 1.54) is 5.57 Å². The van der Waals surface area contributed by atoms with Gasteiger partial charge < -0.3 is 14.6 Å². The van der Waals surface area contributed by atoms with E-state index < -0.39 is 6.10 Å². The molecule has 2 rings (SSSR count). The summed E-state index contributed by atoms with van der Waals surface area (Å²) in [5.74, 6) is 0. The van der Waals surface area contributed by atoms with E-state index >= 15 is 0 Å². The number of hydrogen-bond acceptors (Lipinski definition) is 4. The van der Waals surface area contributed by atoms with Gasteiger partial charge in [0.25, 0.3) is 0 Å². The van der Waals surface area contributed by atoms with Gasteiger partial charge in [-0.05, 0) is 24.8 Å². The highest BCUT2D eigenvalue weighted by Crippen LogP contribution is 2.30. The van der Waals surface area contributed by atoms with E-state index in [0.717, 1.165) is 12.7 Å². The molecule has 0 aromatic carbocycles. The predicted octanol–water partition coefficient (Wildman–Crippen LogP) is 2.78. The van der Waals surface area contributed by atoms with Crippen LogP contribution in [0.3, 0.4) is 0 Å². The molecule has 1 saturated heterocycles. The molecule has 114 valence electrons. The molecule has 0 aromatic rings. The Hall–Kier alpha value is -1.10. The second kappa shape index (κ2) is 8.37. The fourth-order valence-electron chi connectivity index (χ4n) is 2.59. The molecule has 4 atom stereocenters. The molecule has 2 aliphatic rings. The molecule has 21 heavy (non-hydrogen) atoms. The largest absolute Gasteiger partial charge is 0.390 e. The molecule has 1 aliphatic carbocycles. The van der Waals surface area contributed by atoms with Crippen LogP contribution in [0.4, 0.5) is 0 Å². The van der Waals surface area contributed by atoms with Gasteiger partial charge in [0.2, 0.25) is 0 Å². The van der Waals surface area contributed by atoms with Crippen LogP contribution in [0.1, 0.15) is 25.7 Å². The number of rotatable bonds is 5. The minimum absolute atomic E-state index is 0.0491. The number of aliphatic hydroxyl groups is 1. The Kier molecular flexibility index (Phi) is 6.49. The SMILES string of the molecule is O=C[C@@H](S)CC[C@H]1O[C@@H](/C2=C/C=C\C=C/C=C\C2)CC1O. The van der Waals surface area contributed by atoms with Gasteiger partial charge in [-0.15, -0.1) is 0 Å². The third-order valence-electron chi connectivity index (χ3n) is 3.79. The predicted molar refractivity (Wildman–Crippen MR) is 87.5 cm³/mol. The van der Waals surface area contributed by atoms with Gasteiger partial charge in [0, 0.05) is 6.42 Å². The summed E-state index contributed by atoms with van der Waals surface area (Å²) in [7, 11) is 0. The van der Waals surface area contributed by atoms with Crippen LogP contribution in [0.25, 0.3) is 0 Å². The van der Waals surface area contributed by atoms with Crippen molar-refractivity contribution in [3.63, 3.8) is 0 Å². The second-order valence-electron chi connectivity index (χ2n) is 5.39. The topological polar surface area (TPSA) is 46.5 Å². The van der Waals surface area contributed by atoms with E-state index in [9.17, 15) is 9.90 Å². The number of carbonyl (C=O) groups excluding carboxylic acids is 1. The zero-order valence-electron chi connectivity index (χ0n) is 12.0. The van der Waals surface area contributed by atoms with Crippen LogP contribution in [0.2, 0.25) is 0 Å². The molecule has 0 amide bonds. The smallest absolute Gasteiger partial charge is 0.132 e. The van der Waals surface area contributed by atoms with Crippen LogP contribution < -0.4 is 0 Å². The first-order valence-electron chi connectivity index (χ1n) is 7.36. The van der Waals surface area contributed by atoms with Gasteiger partial charge in [0.15, 0.2) is 0 Å². The molecule has 4 heteroatoms. The minimum Gasteiger partial charge on any atom is -0.390 e. The van der Waals surface area contributed by atoms with Gasteiger partial charge >= 0.3 is 0 Å². The van der Waals surface area contributed by atoms with Crippen LogP contribution >= 0.6 is 12.6 Å². The summed E-state index contributed by atoms with van der Waals surface area (Å²) < 4.78 is 5.99. The molecule has 1 unspecified atom stereocenters. The Bertz CT molecular complexity index is 465. The van der Waals surface area contributed by atoms with Crippen LogP contribution in [0, 0.1) is 0 Å². The Labute approximate surface area is 131 Å². The average Bonchev–Trinajstić information content (AvgIpc) is 2.91. The molecule has 0 aromatic heterocycles. The van der Waals surface area contributed by atoms with E-state index in [1.54, 1.807) is 0 Å². The molecule has 0 bridgehead atoms. The van der Waals surface area contributed by atoms with E-state index in [-0.39, 0.29) is 17.5 Å². The zero-order chi connectivity index (χ0) is 15.1. The standard InChI is InChI=1S/C17H22O3S/c18-12-14(21)9-10-16-15(19)11-17(20-16)13-7-5-3-1-2-4-6-8-13/h1-7,12,14-17,19,21H,8-11H2/b2-1-,5-3-,6-4-,13-7+/t14-,15?,16+,17+/m0/s1. The van der Waals surface area contributed by atoms with Gasteiger partial charge in [-0.25, -0.2) is 0 Å².